The molecule has 0 aliphatic heterocycles. The van der Waals surface area contributed by atoms with Crippen LogP contribution >= 0.6 is 0 Å². The Morgan fingerprint density at radius 3 is 2.71 bits per heavy atom. The summed E-state index contributed by atoms with van der Waals surface area (Å²) in [5.41, 5.74) is 0.532. The lowest BCUT2D eigenvalue weighted by Crippen LogP contribution is -2.42. The van der Waals surface area contributed by atoms with Crippen molar-refractivity contribution in [3.63, 3.8) is 0 Å². The highest BCUT2D eigenvalue weighted by Crippen LogP contribution is 2.04. The van der Waals surface area contributed by atoms with Gasteiger partial charge in [0.15, 0.2) is 0 Å². The largest absolute Gasteiger partial charge is 0.480 e. The molecule has 0 aromatic carbocycles. The van der Waals surface area contributed by atoms with E-state index in [1.54, 1.807) is 17.8 Å². The van der Waals surface area contributed by atoms with Crippen molar-refractivity contribution in [1.29, 1.82) is 0 Å². The molecule has 3 N–H and O–H groups in total. The maximum atomic E-state index is 11.5. The van der Waals surface area contributed by atoms with Gasteiger partial charge >= 0.3 is 12.0 Å². The first-order valence-corrected chi connectivity index (χ1v) is 5.39. The zero-order chi connectivity index (χ0) is 12.8. The van der Waals surface area contributed by atoms with Crippen molar-refractivity contribution < 1.29 is 14.7 Å². The Balaban J connectivity index is 2.51. The van der Waals surface area contributed by atoms with E-state index in [0.717, 1.165) is 0 Å². The molecule has 0 spiro atoms. The number of aryl methyl sites for hydroxylation is 1. The molecule has 0 saturated heterocycles. The fourth-order valence-electron chi connectivity index (χ4n) is 1.26. The Kier molecular flexibility index (Phi) is 4.50. The molecular formula is C10H16N4O3. The number of hydrogen-bond donors (Lipinski definition) is 3. The molecular weight excluding hydrogens is 224 g/mol. The maximum Gasteiger partial charge on any atom is 0.326 e. The van der Waals surface area contributed by atoms with E-state index < -0.39 is 18.0 Å². The second-order valence-corrected chi connectivity index (χ2v) is 3.48. The van der Waals surface area contributed by atoms with Gasteiger partial charge in [0.1, 0.15) is 6.04 Å². The number of rotatable bonds is 5. The van der Waals surface area contributed by atoms with E-state index in [1.165, 1.54) is 6.20 Å². The summed E-state index contributed by atoms with van der Waals surface area (Å²) in [6.45, 7) is 4.32. The summed E-state index contributed by atoms with van der Waals surface area (Å²) in [4.78, 5) is 22.2. The van der Waals surface area contributed by atoms with Crippen molar-refractivity contribution in [3.05, 3.63) is 12.4 Å². The van der Waals surface area contributed by atoms with Crippen molar-refractivity contribution in [2.75, 3.05) is 5.32 Å². The van der Waals surface area contributed by atoms with E-state index in [-0.39, 0.29) is 0 Å². The van der Waals surface area contributed by atoms with Gasteiger partial charge in [0.2, 0.25) is 0 Å². The van der Waals surface area contributed by atoms with Gasteiger partial charge in [0.05, 0.1) is 11.9 Å². The number of nitrogens with zero attached hydrogens (tertiary/aromatic N) is 2. The summed E-state index contributed by atoms with van der Waals surface area (Å²) in [6.07, 6.45) is 3.50. The number of aromatic nitrogens is 2. The molecule has 1 heterocycles. The first-order chi connectivity index (χ1) is 8.06. The van der Waals surface area contributed by atoms with Crippen molar-refractivity contribution in [1.82, 2.24) is 15.1 Å². The van der Waals surface area contributed by atoms with Crippen LogP contribution in [-0.4, -0.2) is 32.9 Å². The number of urea groups is 1. The van der Waals surface area contributed by atoms with Gasteiger partial charge in [-0.25, -0.2) is 9.59 Å². The first-order valence-electron chi connectivity index (χ1n) is 5.39. The van der Waals surface area contributed by atoms with Crippen LogP contribution in [0.15, 0.2) is 12.4 Å². The molecule has 0 bridgehead atoms. The standard InChI is InChI=1S/C10H16N4O3/c1-3-8(9(15)16)13-10(17)12-7-5-11-14(4-2)6-7/h5-6,8H,3-4H2,1-2H3,(H,15,16)(H2,12,13,17)/t8-/m0/s1. The van der Waals surface area contributed by atoms with Gasteiger partial charge < -0.3 is 15.7 Å². The lowest BCUT2D eigenvalue weighted by molar-refractivity contribution is -0.139. The summed E-state index contributed by atoms with van der Waals surface area (Å²) in [7, 11) is 0. The number of carboxylic acid groups (broad SMARTS) is 1. The minimum atomic E-state index is -1.05. The quantitative estimate of drug-likeness (QED) is 0.712. The van der Waals surface area contributed by atoms with Crippen LogP contribution in [-0.2, 0) is 11.3 Å². The molecule has 2 amide bonds. The van der Waals surface area contributed by atoms with Crippen molar-refractivity contribution >= 4 is 17.7 Å². The molecule has 1 aromatic heterocycles. The lowest BCUT2D eigenvalue weighted by Gasteiger charge is -2.12. The molecule has 17 heavy (non-hydrogen) atoms. The van der Waals surface area contributed by atoms with Gasteiger partial charge in [-0.3, -0.25) is 4.68 Å². The minimum Gasteiger partial charge on any atom is -0.480 e. The second-order valence-electron chi connectivity index (χ2n) is 3.48. The van der Waals surface area contributed by atoms with Crippen LogP contribution < -0.4 is 10.6 Å². The van der Waals surface area contributed by atoms with Crippen LogP contribution in [0.2, 0.25) is 0 Å². The topological polar surface area (TPSA) is 96.3 Å². The van der Waals surface area contributed by atoms with Crippen LogP contribution in [0.25, 0.3) is 0 Å². The molecule has 0 aliphatic rings. The van der Waals surface area contributed by atoms with Crippen LogP contribution in [0.5, 0.6) is 0 Å². The summed E-state index contributed by atoms with van der Waals surface area (Å²) in [6, 6.07) is -1.42. The number of carbonyl (C=O) groups excluding carboxylic acids is 1. The summed E-state index contributed by atoms with van der Waals surface area (Å²) in [5.74, 6) is -1.05. The Bertz CT molecular complexity index is 402. The number of carboxylic acids is 1. The van der Waals surface area contributed by atoms with Gasteiger partial charge in [0.25, 0.3) is 0 Å². The smallest absolute Gasteiger partial charge is 0.326 e. The van der Waals surface area contributed by atoms with Crippen LogP contribution in [0.3, 0.4) is 0 Å². The number of carbonyl (C=O) groups is 2. The molecule has 1 aromatic rings. The molecule has 0 aliphatic carbocycles. The minimum absolute atomic E-state index is 0.330. The number of anilines is 1. The summed E-state index contributed by atoms with van der Waals surface area (Å²) < 4.78 is 1.66. The van der Waals surface area contributed by atoms with Gasteiger partial charge in [-0.15, -0.1) is 0 Å². The third-order valence-corrected chi connectivity index (χ3v) is 2.23. The third-order valence-electron chi connectivity index (χ3n) is 2.23. The molecule has 1 rings (SSSR count). The van der Waals surface area contributed by atoms with Crippen LogP contribution in [0.4, 0.5) is 10.5 Å². The fourth-order valence-corrected chi connectivity index (χ4v) is 1.26. The van der Waals surface area contributed by atoms with E-state index >= 15 is 0 Å². The first kappa shape index (κ1) is 13.0. The Morgan fingerprint density at radius 2 is 2.24 bits per heavy atom. The molecule has 0 unspecified atom stereocenters. The predicted molar refractivity (Wildman–Crippen MR) is 61.8 cm³/mol. The molecule has 0 saturated carbocycles. The predicted octanol–water partition coefficient (Wildman–Crippen LogP) is 0.888. The molecule has 0 fully saturated rings. The van der Waals surface area contributed by atoms with Crippen molar-refractivity contribution in [3.8, 4) is 0 Å². The third kappa shape index (κ3) is 3.78. The maximum absolute atomic E-state index is 11.5. The van der Waals surface area contributed by atoms with Crippen molar-refractivity contribution in [2.45, 2.75) is 32.9 Å². The number of nitrogens with one attached hydrogen (secondary N) is 2. The number of amides is 2. The monoisotopic (exact) mass is 240 g/mol. The highest BCUT2D eigenvalue weighted by molar-refractivity contribution is 5.91. The van der Waals surface area contributed by atoms with Crippen LogP contribution in [0.1, 0.15) is 20.3 Å². The normalized spacial score (nSPS) is 11.9. The van der Waals surface area contributed by atoms with E-state index in [1.807, 2.05) is 6.92 Å². The van der Waals surface area contributed by atoms with Gasteiger partial charge in [-0.05, 0) is 13.3 Å². The fraction of sp³-hybridized carbons (Fsp3) is 0.500. The average Bonchev–Trinajstić information content (AvgIpc) is 2.73. The summed E-state index contributed by atoms with van der Waals surface area (Å²) in [5, 5.41) is 17.6. The van der Waals surface area contributed by atoms with Crippen molar-refractivity contribution in [2.24, 2.45) is 0 Å². The SMILES string of the molecule is CC[C@H](NC(=O)Nc1cnn(CC)c1)C(=O)O. The lowest BCUT2D eigenvalue weighted by atomic mass is 10.2. The molecule has 7 heteroatoms. The average molecular weight is 240 g/mol. The van der Waals surface area contributed by atoms with E-state index in [9.17, 15) is 9.59 Å². The number of hydrogen-bond acceptors (Lipinski definition) is 3. The van der Waals surface area contributed by atoms with E-state index in [4.69, 9.17) is 5.11 Å². The van der Waals surface area contributed by atoms with Gasteiger partial charge in [-0.1, -0.05) is 6.92 Å². The summed E-state index contributed by atoms with van der Waals surface area (Å²) >= 11 is 0. The second kappa shape index (κ2) is 5.88. The Morgan fingerprint density at radius 1 is 1.53 bits per heavy atom. The molecule has 94 valence electrons. The Hall–Kier alpha value is -2.05. The highest BCUT2D eigenvalue weighted by Gasteiger charge is 2.17. The molecule has 1 atom stereocenters. The Labute approximate surface area is 98.8 Å². The number of aliphatic carboxylic acids is 1. The van der Waals surface area contributed by atoms with E-state index in [2.05, 4.69) is 15.7 Å². The zero-order valence-corrected chi connectivity index (χ0v) is 9.80. The van der Waals surface area contributed by atoms with Crippen LogP contribution in [0, 0.1) is 0 Å². The highest BCUT2D eigenvalue weighted by atomic mass is 16.4. The van der Waals surface area contributed by atoms with E-state index in [0.29, 0.717) is 18.7 Å². The van der Waals surface area contributed by atoms with Gasteiger partial charge in [-0.2, -0.15) is 5.10 Å². The molecule has 0 radical (unpaired) electrons. The molecule has 7 nitrogen and oxygen atoms in total. The van der Waals surface area contributed by atoms with Gasteiger partial charge in [0, 0.05) is 12.7 Å². The zero-order valence-electron chi connectivity index (χ0n) is 9.80.